The largest absolute Gasteiger partial charge is 0.480 e. The number of methoxy groups -OCH3 is 1. The molecule has 2 amide bonds. The number of carbonyl (C=O) groups excluding carboxylic acids is 1. The van der Waals surface area contributed by atoms with Crippen LogP contribution in [0.1, 0.15) is 26.2 Å². The number of nitrogens with zero attached hydrogens (tertiary/aromatic N) is 2. The Morgan fingerprint density at radius 3 is 2.63 bits per heavy atom. The van der Waals surface area contributed by atoms with Gasteiger partial charge >= 0.3 is 12.0 Å². The van der Waals surface area contributed by atoms with Crippen molar-refractivity contribution in [3.05, 3.63) is 0 Å². The van der Waals surface area contributed by atoms with Crippen LogP contribution in [0.4, 0.5) is 4.79 Å². The number of carboxylic acid groups (broad SMARTS) is 1. The summed E-state index contributed by atoms with van der Waals surface area (Å²) in [7, 11) is 1.56. The summed E-state index contributed by atoms with van der Waals surface area (Å²) in [5, 5.41) is 9.22. The van der Waals surface area contributed by atoms with Crippen LogP contribution in [0.25, 0.3) is 0 Å². The van der Waals surface area contributed by atoms with Crippen molar-refractivity contribution in [2.45, 2.75) is 38.3 Å². The number of hydrogen-bond acceptors (Lipinski definition) is 3. The third-order valence-electron chi connectivity index (χ3n) is 4.26. The van der Waals surface area contributed by atoms with Crippen LogP contribution in [0.2, 0.25) is 0 Å². The van der Waals surface area contributed by atoms with Crippen molar-refractivity contribution < 1.29 is 19.4 Å². The first-order valence-corrected chi connectivity index (χ1v) is 6.88. The molecule has 2 saturated heterocycles. The first kappa shape index (κ1) is 14.1. The van der Waals surface area contributed by atoms with Gasteiger partial charge in [0.15, 0.2) is 0 Å². The summed E-state index contributed by atoms with van der Waals surface area (Å²) in [6, 6.07) is -0.902. The second-order valence-electron chi connectivity index (χ2n) is 5.39. The van der Waals surface area contributed by atoms with E-state index < -0.39 is 12.0 Å². The van der Waals surface area contributed by atoms with E-state index in [4.69, 9.17) is 4.74 Å². The molecule has 108 valence electrons. The second kappa shape index (κ2) is 5.77. The maximum absolute atomic E-state index is 12.4. The SMILES string of the molecule is CCC1CCN(C(=O)N2CC(OC)CC2C(=O)O)C1. The zero-order valence-corrected chi connectivity index (χ0v) is 11.5. The van der Waals surface area contributed by atoms with Gasteiger partial charge in [0.2, 0.25) is 0 Å². The lowest BCUT2D eigenvalue weighted by atomic mass is 10.1. The first-order valence-electron chi connectivity index (χ1n) is 6.88. The standard InChI is InChI=1S/C13H22N2O4/c1-3-9-4-5-14(7-9)13(18)15-8-10(19-2)6-11(15)12(16)17/h9-11H,3-8H2,1-2H3,(H,16,17). The van der Waals surface area contributed by atoms with Crippen LogP contribution in [-0.2, 0) is 9.53 Å². The molecule has 3 unspecified atom stereocenters. The second-order valence-corrected chi connectivity index (χ2v) is 5.39. The number of rotatable bonds is 3. The van der Waals surface area contributed by atoms with E-state index in [2.05, 4.69) is 6.92 Å². The molecular formula is C13H22N2O4. The summed E-state index contributed by atoms with van der Waals surface area (Å²) in [6.07, 6.45) is 2.28. The van der Waals surface area contributed by atoms with Gasteiger partial charge in [-0.05, 0) is 12.3 Å². The van der Waals surface area contributed by atoms with Crippen LogP contribution in [0, 0.1) is 5.92 Å². The minimum absolute atomic E-state index is 0.150. The molecule has 6 heteroatoms. The average molecular weight is 270 g/mol. The Hall–Kier alpha value is -1.30. The molecule has 2 aliphatic heterocycles. The molecule has 3 atom stereocenters. The van der Waals surface area contributed by atoms with Crippen LogP contribution in [-0.4, -0.2) is 65.8 Å². The number of urea groups is 1. The predicted molar refractivity (Wildman–Crippen MR) is 68.9 cm³/mol. The summed E-state index contributed by atoms with van der Waals surface area (Å²) in [5.41, 5.74) is 0. The van der Waals surface area contributed by atoms with E-state index in [1.54, 1.807) is 12.0 Å². The minimum Gasteiger partial charge on any atom is -0.480 e. The highest BCUT2D eigenvalue weighted by Crippen LogP contribution is 2.25. The molecule has 0 bridgehead atoms. The van der Waals surface area contributed by atoms with Gasteiger partial charge < -0.3 is 19.6 Å². The van der Waals surface area contributed by atoms with Gasteiger partial charge in [-0.1, -0.05) is 13.3 Å². The number of aliphatic carboxylic acids is 1. The summed E-state index contributed by atoms with van der Waals surface area (Å²) in [6.45, 7) is 3.97. The van der Waals surface area contributed by atoms with Crippen LogP contribution in [0.5, 0.6) is 0 Å². The summed E-state index contributed by atoms with van der Waals surface area (Å²) in [4.78, 5) is 26.9. The van der Waals surface area contributed by atoms with E-state index in [-0.39, 0.29) is 12.1 Å². The molecule has 2 heterocycles. The Bertz CT molecular complexity index is 361. The maximum Gasteiger partial charge on any atom is 0.326 e. The maximum atomic E-state index is 12.4. The molecule has 0 aromatic rings. The van der Waals surface area contributed by atoms with Crippen LogP contribution in [0.3, 0.4) is 0 Å². The van der Waals surface area contributed by atoms with Gasteiger partial charge in [0, 0.05) is 33.2 Å². The number of hydrogen-bond donors (Lipinski definition) is 1. The third-order valence-corrected chi connectivity index (χ3v) is 4.26. The molecule has 0 aromatic heterocycles. The molecule has 2 rings (SSSR count). The lowest BCUT2D eigenvalue weighted by Gasteiger charge is -2.27. The first-order chi connectivity index (χ1) is 9.06. The summed E-state index contributed by atoms with van der Waals surface area (Å²) in [5.74, 6) is -0.396. The number of ether oxygens (including phenoxy) is 1. The Kier molecular flexibility index (Phi) is 4.29. The highest BCUT2D eigenvalue weighted by molar-refractivity contribution is 5.83. The van der Waals surface area contributed by atoms with Crippen molar-refractivity contribution >= 4 is 12.0 Å². The lowest BCUT2D eigenvalue weighted by Crippen LogP contribution is -2.47. The normalized spacial score (nSPS) is 30.9. The van der Waals surface area contributed by atoms with Crippen molar-refractivity contribution in [1.29, 1.82) is 0 Å². The zero-order chi connectivity index (χ0) is 14.0. The third kappa shape index (κ3) is 2.83. The molecular weight excluding hydrogens is 248 g/mol. The quantitative estimate of drug-likeness (QED) is 0.831. The van der Waals surface area contributed by atoms with E-state index in [1.807, 2.05) is 0 Å². The number of carbonyl (C=O) groups is 2. The molecule has 0 saturated carbocycles. The Labute approximate surface area is 113 Å². The fourth-order valence-electron chi connectivity index (χ4n) is 2.93. The van der Waals surface area contributed by atoms with Crippen molar-refractivity contribution in [1.82, 2.24) is 9.80 Å². The fraction of sp³-hybridized carbons (Fsp3) is 0.846. The van der Waals surface area contributed by atoms with Gasteiger partial charge in [-0.15, -0.1) is 0 Å². The number of carboxylic acids is 1. The smallest absolute Gasteiger partial charge is 0.326 e. The van der Waals surface area contributed by atoms with Crippen molar-refractivity contribution in [2.24, 2.45) is 5.92 Å². The Morgan fingerprint density at radius 1 is 1.37 bits per heavy atom. The molecule has 2 aliphatic rings. The van der Waals surface area contributed by atoms with Crippen molar-refractivity contribution in [3.63, 3.8) is 0 Å². The topological polar surface area (TPSA) is 70.1 Å². The molecule has 0 radical (unpaired) electrons. The van der Waals surface area contributed by atoms with Crippen molar-refractivity contribution in [3.8, 4) is 0 Å². The van der Waals surface area contributed by atoms with Gasteiger partial charge in [-0.25, -0.2) is 9.59 Å². The lowest BCUT2D eigenvalue weighted by molar-refractivity contribution is -0.141. The fourth-order valence-corrected chi connectivity index (χ4v) is 2.93. The Morgan fingerprint density at radius 2 is 2.11 bits per heavy atom. The number of likely N-dealkylation sites (tertiary alicyclic amines) is 2. The van der Waals surface area contributed by atoms with Gasteiger partial charge in [0.25, 0.3) is 0 Å². The van der Waals surface area contributed by atoms with Crippen LogP contribution >= 0.6 is 0 Å². The molecule has 0 aliphatic carbocycles. The molecule has 0 spiro atoms. The molecule has 19 heavy (non-hydrogen) atoms. The van der Waals surface area contributed by atoms with Crippen LogP contribution in [0.15, 0.2) is 0 Å². The van der Waals surface area contributed by atoms with Crippen molar-refractivity contribution in [2.75, 3.05) is 26.7 Å². The minimum atomic E-state index is -0.945. The van der Waals surface area contributed by atoms with E-state index in [1.165, 1.54) is 4.90 Å². The monoisotopic (exact) mass is 270 g/mol. The summed E-state index contributed by atoms with van der Waals surface area (Å²) < 4.78 is 5.20. The molecule has 0 aromatic carbocycles. The molecule has 1 N–H and O–H groups in total. The van der Waals surface area contributed by atoms with Gasteiger partial charge in [0.1, 0.15) is 6.04 Å². The molecule has 6 nitrogen and oxygen atoms in total. The summed E-state index contributed by atoms with van der Waals surface area (Å²) >= 11 is 0. The van der Waals surface area contributed by atoms with Gasteiger partial charge in [0.05, 0.1) is 6.10 Å². The van der Waals surface area contributed by atoms with Crippen LogP contribution < -0.4 is 0 Å². The van der Waals surface area contributed by atoms with E-state index >= 15 is 0 Å². The van der Waals surface area contributed by atoms with Gasteiger partial charge in [-0.2, -0.15) is 0 Å². The predicted octanol–water partition coefficient (Wildman–Crippen LogP) is 1.01. The van der Waals surface area contributed by atoms with E-state index in [0.717, 1.165) is 25.9 Å². The zero-order valence-electron chi connectivity index (χ0n) is 11.5. The molecule has 2 fully saturated rings. The highest BCUT2D eigenvalue weighted by Gasteiger charge is 2.42. The average Bonchev–Trinajstić information content (AvgIpc) is 3.04. The highest BCUT2D eigenvalue weighted by atomic mass is 16.5. The van der Waals surface area contributed by atoms with Gasteiger partial charge in [-0.3, -0.25) is 0 Å². The van der Waals surface area contributed by atoms with E-state index in [9.17, 15) is 14.7 Å². The Balaban J connectivity index is 2.03. The number of amides is 2. The van der Waals surface area contributed by atoms with E-state index in [0.29, 0.717) is 18.9 Å².